The fourth-order valence-corrected chi connectivity index (χ4v) is 3.10. The van der Waals surface area contributed by atoms with Crippen LogP contribution in [-0.4, -0.2) is 46.5 Å². The summed E-state index contributed by atoms with van der Waals surface area (Å²) < 4.78 is 0. The quantitative estimate of drug-likeness (QED) is 0.782. The average molecular weight is 272 g/mol. The van der Waals surface area contributed by atoms with Gasteiger partial charge in [0.2, 0.25) is 11.9 Å². The van der Waals surface area contributed by atoms with Crippen LogP contribution in [0.5, 0.6) is 0 Å². The van der Waals surface area contributed by atoms with Gasteiger partial charge in [-0.2, -0.15) is 0 Å². The topological polar surface area (TPSA) is 49.3 Å². The molecule has 2 fully saturated rings. The molecule has 1 amide bonds. The highest BCUT2D eigenvalue weighted by Gasteiger charge is 2.34. The Bertz CT molecular complexity index is 482. The molecule has 1 atom stereocenters. The van der Waals surface area contributed by atoms with Gasteiger partial charge in [-0.05, 0) is 18.9 Å². The summed E-state index contributed by atoms with van der Waals surface area (Å²) in [6.45, 7) is 6.47. The van der Waals surface area contributed by atoms with E-state index in [4.69, 9.17) is 0 Å². The first-order valence-corrected chi connectivity index (χ1v) is 7.22. The van der Waals surface area contributed by atoms with E-state index in [1.54, 1.807) is 12.4 Å². The minimum atomic E-state index is 0.282. The molecule has 0 spiro atoms. The molecule has 5 nitrogen and oxygen atoms in total. The Balaban J connectivity index is 1.59. The lowest BCUT2D eigenvalue weighted by molar-refractivity contribution is -0.130. The normalized spacial score (nSPS) is 24.2. The number of rotatable bonds is 3. The molecule has 20 heavy (non-hydrogen) atoms. The highest BCUT2D eigenvalue weighted by Crippen LogP contribution is 2.26. The van der Waals surface area contributed by atoms with E-state index in [0.717, 1.165) is 38.4 Å². The van der Waals surface area contributed by atoms with Gasteiger partial charge in [-0.3, -0.25) is 4.79 Å². The summed E-state index contributed by atoms with van der Waals surface area (Å²) in [6, 6.07) is 2.20. The predicted octanol–water partition coefficient (Wildman–Crippen LogP) is 1.48. The van der Waals surface area contributed by atoms with Crippen molar-refractivity contribution in [3.05, 3.63) is 31.1 Å². The number of amides is 1. The minimum Gasteiger partial charge on any atom is -0.341 e. The lowest BCUT2D eigenvalue weighted by Gasteiger charge is -2.36. The third-order valence-corrected chi connectivity index (χ3v) is 4.26. The molecule has 0 aromatic carbocycles. The molecule has 3 rings (SSSR count). The van der Waals surface area contributed by atoms with Gasteiger partial charge in [0.05, 0.1) is 0 Å². The smallest absolute Gasteiger partial charge is 0.225 e. The van der Waals surface area contributed by atoms with Gasteiger partial charge in [-0.1, -0.05) is 6.08 Å². The molecule has 3 heterocycles. The number of likely N-dealkylation sites (tertiary alicyclic amines) is 1. The van der Waals surface area contributed by atoms with Gasteiger partial charge in [0.1, 0.15) is 0 Å². The molecule has 0 N–H and O–H groups in total. The van der Waals surface area contributed by atoms with Crippen molar-refractivity contribution in [3.63, 3.8) is 0 Å². The van der Waals surface area contributed by atoms with Gasteiger partial charge in [0, 0.05) is 50.4 Å². The summed E-state index contributed by atoms with van der Waals surface area (Å²) in [4.78, 5) is 24.9. The monoisotopic (exact) mass is 272 g/mol. The van der Waals surface area contributed by atoms with Crippen LogP contribution in [0.3, 0.4) is 0 Å². The van der Waals surface area contributed by atoms with E-state index in [1.807, 2.05) is 12.1 Å². The summed E-state index contributed by atoms with van der Waals surface area (Å²) in [5.41, 5.74) is 0. The molecule has 1 unspecified atom stereocenters. The van der Waals surface area contributed by atoms with Gasteiger partial charge in [-0.15, -0.1) is 6.58 Å². The van der Waals surface area contributed by atoms with Gasteiger partial charge >= 0.3 is 0 Å². The van der Waals surface area contributed by atoms with Gasteiger partial charge in [0.25, 0.3) is 0 Å². The van der Waals surface area contributed by atoms with Crippen LogP contribution in [-0.2, 0) is 4.79 Å². The van der Waals surface area contributed by atoms with E-state index in [0.29, 0.717) is 18.4 Å². The molecule has 0 bridgehead atoms. The van der Waals surface area contributed by atoms with E-state index in [-0.39, 0.29) is 5.91 Å². The zero-order chi connectivity index (χ0) is 13.9. The highest BCUT2D eigenvalue weighted by molar-refractivity contribution is 5.79. The van der Waals surface area contributed by atoms with Crippen molar-refractivity contribution in [2.24, 2.45) is 5.92 Å². The number of hydrogen-bond acceptors (Lipinski definition) is 4. The van der Waals surface area contributed by atoms with Crippen molar-refractivity contribution in [2.45, 2.75) is 25.3 Å². The van der Waals surface area contributed by atoms with Crippen LogP contribution >= 0.6 is 0 Å². The average Bonchev–Trinajstić information content (AvgIpc) is 2.89. The van der Waals surface area contributed by atoms with E-state index in [9.17, 15) is 4.79 Å². The second kappa shape index (κ2) is 5.61. The molecule has 0 radical (unpaired) electrons. The third kappa shape index (κ3) is 2.53. The Morgan fingerprint density at radius 2 is 1.95 bits per heavy atom. The summed E-state index contributed by atoms with van der Waals surface area (Å²) >= 11 is 0. The van der Waals surface area contributed by atoms with Crippen LogP contribution in [0.2, 0.25) is 0 Å². The number of hydrogen-bond donors (Lipinski definition) is 0. The maximum Gasteiger partial charge on any atom is 0.225 e. The second-order valence-electron chi connectivity index (χ2n) is 5.51. The molecule has 0 saturated carbocycles. The second-order valence-corrected chi connectivity index (χ2v) is 5.51. The Labute approximate surface area is 119 Å². The van der Waals surface area contributed by atoms with Gasteiger partial charge < -0.3 is 9.80 Å². The molecule has 1 aromatic rings. The molecule has 106 valence electrons. The van der Waals surface area contributed by atoms with Crippen molar-refractivity contribution in [2.75, 3.05) is 24.5 Å². The highest BCUT2D eigenvalue weighted by atomic mass is 16.2. The summed E-state index contributed by atoms with van der Waals surface area (Å²) in [5.74, 6) is 1.41. The Morgan fingerprint density at radius 1 is 1.25 bits per heavy atom. The predicted molar refractivity (Wildman–Crippen MR) is 77.3 cm³/mol. The number of piperidine rings is 1. The van der Waals surface area contributed by atoms with E-state index in [2.05, 4.69) is 26.3 Å². The molecular formula is C15H20N4O. The van der Waals surface area contributed by atoms with E-state index < -0.39 is 0 Å². The van der Waals surface area contributed by atoms with Crippen molar-refractivity contribution in [1.82, 2.24) is 14.9 Å². The first-order valence-electron chi connectivity index (χ1n) is 7.22. The van der Waals surface area contributed by atoms with E-state index in [1.165, 1.54) is 0 Å². The summed E-state index contributed by atoms with van der Waals surface area (Å²) in [7, 11) is 0. The first kappa shape index (κ1) is 13.1. The molecular weight excluding hydrogens is 252 g/mol. The van der Waals surface area contributed by atoms with Gasteiger partial charge in [0.15, 0.2) is 0 Å². The van der Waals surface area contributed by atoms with Crippen LogP contribution in [0.4, 0.5) is 5.95 Å². The SMILES string of the molecule is C=CC1CC(=O)N(C2CCN(c3ncccn3)CC2)C1. The number of carbonyl (C=O) groups excluding carboxylic acids is 1. The Morgan fingerprint density at radius 3 is 2.55 bits per heavy atom. The molecule has 5 heteroatoms. The molecule has 1 aromatic heterocycles. The van der Waals surface area contributed by atoms with Crippen LogP contribution in [0.25, 0.3) is 0 Å². The van der Waals surface area contributed by atoms with Crippen LogP contribution in [0.15, 0.2) is 31.1 Å². The lowest BCUT2D eigenvalue weighted by atomic mass is 10.0. The zero-order valence-corrected chi connectivity index (χ0v) is 11.6. The maximum absolute atomic E-state index is 12.0. The number of carbonyl (C=O) groups is 1. The number of aromatic nitrogens is 2. The van der Waals surface area contributed by atoms with Crippen LogP contribution in [0, 0.1) is 5.92 Å². The summed E-state index contributed by atoms with van der Waals surface area (Å²) in [6.07, 6.45) is 8.07. The van der Waals surface area contributed by atoms with Crippen LogP contribution in [0.1, 0.15) is 19.3 Å². The zero-order valence-electron chi connectivity index (χ0n) is 11.6. The fourth-order valence-electron chi connectivity index (χ4n) is 3.10. The molecule has 2 aliphatic rings. The lowest BCUT2D eigenvalue weighted by Crippen LogP contribution is -2.46. The largest absolute Gasteiger partial charge is 0.341 e. The fraction of sp³-hybridized carbons (Fsp3) is 0.533. The van der Waals surface area contributed by atoms with E-state index >= 15 is 0 Å². The summed E-state index contributed by atoms with van der Waals surface area (Å²) in [5, 5.41) is 0. The third-order valence-electron chi connectivity index (χ3n) is 4.26. The number of anilines is 1. The molecule has 2 aliphatic heterocycles. The number of nitrogens with zero attached hydrogens (tertiary/aromatic N) is 4. The van der Waals surface area contributed by atoms with Crippen molar-refractivity contribution >= 4 is 11.9 Å². The Kier molecular flexibility index (Phi) is 3.67. The first-order chi connectivity index (χ1) is 9.78. The van der Waals surface area contributed by atoms with Crippen LogP contribution < -0.4 is 4.90 Å². The van der Waals surface area contributed by atoms with Gasteiger partial charge in [-0.25, -0.2) is 9.97 Å². The Hall–Kier alpha value is -1.91. The molecule has 0 aliphatic carbocycles. The maximum atomic E-state index is 12.0. The van der Waals surface area contributed by atoms with Crippen molar-refractivity contribution in [1.29, 1.82) is 0 Å². The molecule has 2 saturated heterocycles. The minimum absolute atomic E-state index is 0.282. The van der Waals surface area contributed by atoms with Crippen molar-refractivity contribution < 1.29 is 4.79 Å². The van der Waals surface area contributed by atoms with Crippen molar-refractivity contribution in [3.8, 4) is 0 Å². The standard InChI is InChI=1S/C15H20N4O/c1-2-12-10-14(20)19(11-12)13-4-8-18(9-5-13)15-16-6-3-7-17-15/h2-3,6-7,12-13H,1,4-5,8-11H2.